The lowest BCUT2D eigenvalue weighted by Crippen LogP contribution is -2.49. The number of carbonyl (C=O) groups excluding carboxylic acids is 1. The smallest absolute Gasteiger partial charge is 0.272 e. The van der Waals surface area contributed by atoms with Gasteiger partial charge in [0.2, 0.25) is 5.89 Å². The fraction of sp³-hybridized carbons (Fsp3) is 0.227. The van der Waals surface area contributed by atoms with Gasteiger partial charge in [0.1, 0.15) is 11.9 Å². The van der Waals surface area contributed by atoms with Crippen LogP contribution in [0.4, 0.5) is 5.69 Å². The molecule has 35 heavy (non-hydrogen) atoms. The molecule has 0 atom stereocenters. The normalized spacial score (nSPS) is 17.5. The lowest BCUT2D eigenvalue weighted by atomic mass is 9.87. The number of pyridine rings is 2. The van der Waals surface area contributed by atoms with E-state index >= 15 is 0 Å². The van der Waals surface area contributed by atoms with Crippen molar-refractivity contribution in [2.45, 2.75) is 30.0 Å². The number of sulfonamides is 1. The minimum absolute atomic E-state index is 0.0336. The van der Waals surface area contributed by atoms with Crippen LogP contribution in [-0.2, 0) is 10.0 Å². The molecule has 4 aromatic rings. The molecule has 178 valence electrons. The zero-order valence-electron chi connectivity index (χ0n) is 18.4. The van der Waals surface area contributed by atoms with Crippen LogP contribution in [0.15, 0.2) is 52.5 Å². The summed E-state index contributed by atoms with van der Waals surface area (Å²) in [6, 6.07) is 6.14. The van der Waals surface area contributed by atoms with Crippen LogP contribution in [0, 0.1) is 11.3 Å². The molecular weight excluding hydrogens is 472 g/mol. The standard InChI is InChI=1S/C22H20N8O4S/c1-24-21(31)17-11-34-22(29-17)16-10-27-20-15(3-5-26-20)19(16)28-13-7-14(8-13)30-35(32,33)18-6-12(9-23)2-4-25-18/h2-6,10-11,13-14,30H,7-8H2,1H3,(H,24,31)(H2,26,27,28)/t13-,14-. The minimum Gasteiger partial charge on any atom is -0.443 e. The van der Waals surface area contributed by atoms with Gasteiger partial charge in [-0.3, -0.25) is 4.79 Å². The van der Waals surface area contributed by atoms with E-state index in [9.17, 15) is 13.2 Å². The lowest BCUT2D eigenvalue weighted by molar-refractivity contribution is 0.0958. The van der Waals surface area contributed by atoms with Crippen molar-refractivity contribution in [2.75, 3.05) is 12.4 Å². The van der Waals surface area contributed by atoms with Crippen molar-refractivity contribution < 1.29 is 17.6 Å². The molecule has 0 radical (unpaired) electrons. The molecule has 0 spiro atoms. The average molecular weight is 493 g/mol. The van der Waals surface area contributed by atoms with Crippen LogP contribution in [0.2, 0.25) is 0 Å². The van der Waals surface area contributed by atoms with Gasteiger partial charge in [-0.15, -0.1) is 0 Å². The van der Waals surface area contributed by atoms with Crippen molar-refractivity contribution in [1.82, 2.24) is 30.0 Å². The molecule has 1 aliphatic carbocycles. The highest BCUT2D eigenvalue weighted by Crippen LogP contribution is 2.36. The average Bonchev–Trinajstić information content (AvgIpc) is 3.52. The number of nitrogens with one attached hydrogen (secondary N) is 4. The van der Waals surface area contributed by atoms with Crippen LogP contribution in [0.3, 0.4) is 0 Å². The van der Waals surface area contributed by atoms with Crippen LogP contribution in [0.25, 0.3) is 22.5 Å². The van der Waals surface area contributed by atoms with Gasteiger partial charge in [0.25, 0.3) is 15.9 Å². The van der Waals surface area contributed by atoms with Crippen molar-refractivity contribution in [1.29, 1.82) is 5.26 Å². The van der Waals surface area contributed by atoms with E-state index in [2.05, 4.69) is 35.3 Å². The third-order valence-corrected chi connectivity index (χ3v) is 7.15. The topological polar surface area (TPSA) is 179 Å². The summed E-state index contributed by atoms with van der Waals surface area (Å²) < 4.78 is 33.5. The molecule has 0 unspecified atom stereocenters. The number of hydrogen-bond acceptors (Lipinski definition) is 9. The number of fused-ring (bicyclic) bond motifs is 1. The summed E-state index contributed by atoms with van der Waals surface area (Å²) in [5.41, 5.74) is 2.33. The Balaban J connectivity index is 1.33. The quantitative estimate of drug-likeness (QED) is 0.299. The van der Waals surface area contributed by atoms with E-state index in [1.54, 1.807) is 12.4 Å². The number of hydrogen-bond donors (Lipinski definition) is 4. The highest BCUT2D eigenvalue weighted by Gasteiger charge is 2.34. The molecule has 0 aromatic carbocycles. The Kier molecular flexibility index (Phi) is 5.67. The van der Waals surface area contributed by atoms with E-state index in [1.165, 1.54) is 31.6 Å². The second kappa shape index (κ2) is 8.82. The molecule has 0 bridgehead atoms. The zero-order chi connectivity index (χ0) is 24.6. The van der Waals surface area contributed by atoms with Crippen molar-refractivity contribution in [2.24, 2.45) is 0 Å². The highest BCUT2D eigenvalue weighted by atomic mass is 32.2. The second-order valence-corrected chi connectivity index (χ2v) is 9.69. The molecule has 1 fully saturated rings. The first-order chi connectivity index (χ1) is 16.9. The number of aromatic amines is 1. The van der Waals surface area contributed by atoms with Crippen molar-refractivity contribution in [3.8, 4) is 17.5 Å². The predicted molar refractivity (Wildman–Crippen MR) is 125 cm³/mol. The van der Waals surface area contributed by atoms with Gasteiger partial charge in [-0.25, -0.2) is 28.1 Å². The molecule has 1 aliphatic rings. The Labute approximate surface area is 199 Å². The first kappa shape index (κ1) is 22.5. The van der Waals surface area contributed by atoms with Gasteiger partial charge in [0.05, 0.1) is 22.9 Å². The van der Waals surface area contributed by atoms with E-state index in [0.717, 1.165) is 11.1 Å². The minimum atomic E-state index is -3.85. The van der Waals surface area contributed by atoms with Gasteiger partial charge < -0.3 is 20.0 Å². The molecular formula is C22H20N8O4S. The summed E-state index contributed by atoms with van der Waals surface area (Å²) in [7, 11) is -2.34. The molecule has 12 nitrogen and oxygen atoms in total. The Morgan fingerprint density at radius 1 is 1.26 bits per heavy atom. The summed E-state index contributed by atoms with van der Waals surface area (Å²) in [4.78, 5) is 27.5. The SMILES string of the molecule is CNC(=O)c1coc(-c2cnc3[nH]ccc3c2N[C@H]2C[C@H](NS(=O)(=O)c3cc(C#N)ccn3)C2)n1. The molecule has 4 heterocycles. The maximum Gasteiger partial charge on any atom is 0.272 e. The van der Waals surface area contributed by atoms with E-state index < -0.39 is 10.0 Å². The molecule has 5 rings (SSSR count). The lowest BCUT2D eigenvalue weighted by Gasteiger charge is -2.37. The number of nitriles is 1. The number of carbonyl (C=O) groups is 1. The molecule has 4 N–H and O–H groups in total. The van der Waals surface area contributed by atoms with E-state index in [4.69, 9.17) is 9.68 Å². The summed E-state index contributed by atoms with van der Waals surface area (Å²) in [6.45, 7) is 0. The number of oxazole rings is 1. The van der Waals surface area contributed by atoms with Crippen LogP contribution in [0.5, 0.6) is 0 Å². The first-order valence-corrected chi connectivity index (χ1v) is 12.2. The molecule has 1 saturated carbocycles. The Morgan fingerprint density at radius 3 is 2.86 bits per heavy atom. The zero-order valence-corrected chi connectivity index (χ0v) is 19.3. The van der Waals surface area contributed by atoms with E-state index in [-0.39, 0.29) is 40.2 Å². The van der Waals surface area contributed by atoms with Crippen molar-refractivity contribution in [3.63, 3.8) is 0 Å². The summed E-state index contributed by atoms with van der Waals surface area (Å²) in [5.74, 6) is -0.129. The molecule has 4 aromatic heterocycles. The maximum absolute atomic E-state index is 12.7. The maximum atomic E-state index is 12.7. The Hall–Kier alpha value is -4.28. The van der Waals surface area contributed by atoms with Gasteiger partial charge in [-0.1, -0.05) is 0 Å². The number of amides is 1. The number of nitrogens with zero attached hydrogens (tertiary/aromatic N) is 4. The summed E-state index contributed by atoms with van der Waals surface area (Å²) >= 11 is 0. The van der Waals surface area contributed by atoms with Gasteiger partial charge in [0, 0.05) is 43.1 Å². The molecule has 0 saturated heterocycles. The number of aromatic nitrogens is 4. The van der Waals surface area contributed by atoms with Crippen LogP contribution >= 0.6 is 0 Å². The van der Waals surface area contributed by atoms with Crippen molar-refractivity contribution in [3.05, 3.63) is 54.3 Å². The molecule has 1 amide bonds. The van der Waals surface area contributed by atoms with Gasteiger partial charge >= 0.3 is 0 Å². The van der Waals surface area contributed by atoms with Gasteiger partial charge in [0.15, 0.2) is 10.7 Å². The van der Waals surface area contributed by atoms with Crippen LogP contribution < -0.4 is 15.4 Å². The number of rotatable bonds is 7. The summed E-state index contributed by atoms with van der Waals surface area (Å²) in [6.07, 6.45) is 7.00. The summed E-state index contributed by atoms with van der Waals surface area (Å²) in [5, 5.41) is 15.6. The Morgan fingerprint density at radius 2 is 2.09 bits per heavy atom. The van der Waals surface area contributed by atoms with E-state index in [0.29, 0.717) is 24.1 Å². The Bertz CT molecular complexity index is 1560. The number of anilines is 1. The predicted octanol–water partition coefficient (Wildman–Crippen LogP) is 1.77. The highest BCUT2D eigenvalue weighted by molar-refractivity contribution is 7.89. The fourth-order valence-corrected chi connectivity index (χ4v) is 5.13. The van der Waals surface area contributed by atoms with Crippen molar-refractivity contribution >= 4 is 32.7 Å². The number of H-pyrrole nitrogens is 1. The fourth-order valence-electron chi connectivity index (χ4n) is 3.90. The second-order valence-electron chi connectivity index (χ2n) is 8.03. The van der Waals surface area contributed by atoms with Gasteiger partial charge in [-0.05, 0) is 31.0 Å². The van der Waals surface area contributed by atoms with Crippen LogP contribution in [0.1, 0.15) is 28.9 Å². The largest absolute Gasteiger partial charge is 0.443 e. The third-order valence-electron chi connectivity index (χ3n) is 5.73. The van der Waals surface area contributed by atoms with E-state index in [1.807, 2.05) is 12.1 Å². The molecule has 13 heteroatoms. The molecule has 0 aliphatic heterocycles. The van der Waals surface area contributed by atoms with Crippen LogP contribution in [-0.4, -0.2) is 53.4 Å². The first-order valence-electron chi connectivity index (χ1n) is 10.7. The third kappa shape index (κ3) is 4.32. The monoisotopic (exact) mass is 492 g/mol. The van der Waals surface area contributed by atoms with Gasteiger partial charge in [-0.2, -0.15) is 5.26 Å².